The second kappa shape index (κ2) is 5.66. The third kappa shape index (κ3) is 3.61. The number of sulfonamides is 1. The highest BCUT2D eigenvalue weighted by Crippen LogP contribution is 2.31. The quantitative estimate of drug-likeness (QED) is 0.845. The lowest BCUT2D eigenvalue weighted by Crippen LogP contribution is -2.43. The predicted molar refractivity (Wildman–Crippen MR) is 79.8 cm³/mol. The molecule has 1 aliphatic rings. The summed E-state index contributed by atoms with van der Waals surface area (Å²) in [5, 5.41) is 7.88. The Kier molecular flexibility index (Phi) is 4.41. The fraction of sp³-hybridized carbons (Fsp3) is 0.462. The Labute approximate surface area is 131 Å². The Hall–Kier alpha value is -0.990. The minimum absolute atomic E-state index is 0.0227. The number of rotatable bonds is 3. The van der Waals surface area contributed by atoms with Crippen LogP contribution in [0.15, 0.2) is 21.5 Å². The Bertz CT molecular complexity index is 685. The first-order chi connectivity index (χ1) is 9.62. The smallest absolute Gasteiger partial charge is 0.252 e. The topological polar surface area (TPSA) is 89.3 Å². The second-order valence-electron chi connectivity index (χ2n) is 5.53. The number of halogens is 2. The van der Waals surface area contributed by atoms with Crippen molar-refractivity contribution >= 4 is 31.9 Å². The molecule has 0 unspecified atom stereocenters. The van der Waals surface area contributed by atoms with Crippen LogP contribution < -0.4 is 10.5 Å². The molecule has 0 aliphatic heterocycles. The van der Waals surface area contributed by atoms with Gasteiger partial charge in [0.1, 0.15) is 5.82 Å². The van der Waals surface area contributed by atoms with E-state index in [0.29, 0.717) is 0 Å². The maximum Gasteiger partial charge on any atom is 0.252 e. The van der Waals surface area contributed by atoms with Gasteiger partial charge in [0.25, 0.3) is 5.91 Å². The lowest BCUT2D eigenvalue weighted by Gasteiger charge is -2.25. The summed E-state index contributed by atoms with van der Waals surface area (Å²) in [4.78, 5) is 11.9. The van der Waals surface area contributed by atoms with Gasteiger partial charge >= 0.3 is 0 Å². The molecule has 2 rings (SSSR count). The number of amides is 1. The predicted octanol–water partition coefficient (Wildman–Crippen LogP) is 2.30. The molecule has 1 fully saturated rings. The van der Waals surface area contributed by atoms with E-state index < -0.39 is 26.6 Å². The summed E-state index contributed by atoms with van der Waals surface area (Å²) in [6.45, 7) is 1.92. The van der Waals surface area contributed by atoms with Crippen molar-refractivity contribution in [2.75, 3.05) is 0 Å². The van der Waals surface area contributed by atoms with Gasteiger partial charge in [-0.25, -0.2) is 17.9 Å². The molecule has 0 heterocycles. The van der Waals surface area contributed by atoms with Crippen molar-refractivity contribution in [3.05, 3.63) is 28.0 Å². The van der Waals surface area contributed by atoms with Gasteiger partial charge in [-0.15, -0.1) is 0 Å². The molecule has 1 aliphatic carbocycles. The summed E-state index contributed by atoms with van der Waals surface area (Å²) in [7, 11) is -4.12. The highest BCUT2D eigenvalue weighted by molar-refractivity contribution is 9.10. The van der Waals surface area contributed by atoms with Gasteiger partial charge in [-0.2, -0.15) is 0 Å². The van der Waals surface area contributed by atoms with Crippen molar-refractivity contribution in [1.82, 2.24) is 5.32 Å². The zero-order valence-corrected chi connectivity index (χ0v) is 13.9. The van der Waals surface area contributed by atoms with Gasteiger partial charge in [0.05, 0.1) is 14.9 Å². The Balaban J connectivity index is 2.40. The van der Waals surface area contributed by atoms with Crippen LogP contribution in [0.4, 0.5) is 4.39 Å². The van der Waals surface area contributed by atoms with Crippen LogP contribution in [0.25, 0.3) is 0 Å². The summed E-state index contributed by atoms with van der Waals surface area (Å²) < 4.78 is 36.4. The monoisotopic (exact) mass is 378 g/mol. The van der Waals surface area contributed by atoms with Crippen molar-refractivity contribution in [3.63, 3.8) is 0 Å². The van der Waals surface area contributed by atoms with Gasteiger partial charge in [0, 0.05) is 5.54 Å². The van der Waals surface area contributed by atoms with E-state index in [1.165, 1.54) is 0 Å². The molecule has 0 saturated heterocycles. The van der Waals surface area contributed by atoms with Gasteiger partial charge < -0.3 is 5.32 Å². The molecule has 21 heavy (non-hydrogen) atoms. The van der Waals surface area contributed by atoms with E-state index >= 15 is 0 Å². The van der Waals surface area contributed by atoms with Crippen LogP contribution in [0, 0.1) is 5.82 Å². The van der Waals surface area contributed by atoms with E-state index in [2.05, 4.69) is 21.2 Å². The summed E-state index contributed by atoms with van der Waals surface area (Å²) in [6.07, 6.45) is 3.72. The van der Waals surface area contributed by atoms with Crippen LogP contribution >= 0.6 is 15.9 Å². The summed E-state index contributed by atoms with van der Waals surface area (Å²) in [5.41, 5.74) is -0.419. The highest BCUT2D eigenvalue weighted by atomic mass is 79.9. The fourth-order valence-electron chi connectivity index (χ4n) is 2.56. The molecule has 0 atom stereocenters. The Morgan fingerprint density at radius 2 is 1.95 bits per heavy atom. The average Bonchev–Trinajstić information content (AvgIpc) is 2.76. The number of hydrogen-bond acceptors (Lipinski definition) is 3. The van der Waals surface area contributed by atoms with E-state index in [0.717, 1.165) is 37.8 Å². The van der Waals surface area contributed by atoms with Gasteiger partial charge in [-0.3, -0.25) is 4.79 Å². The standard InChI is InChI=1S/C13H16BrFN2O3S/c1-13(4-2-3-5-13)17-12(18)9-6-8(15)7-10(11(9)14)21(16,19)20/h6-7H,2-5H2,1H3,(H,17,18)(H2,16,19,20). The molecule has 3 N–H and O–H groups in total. The molecule has 0 bridgehead atoms. The van der Waals surface area contributed by atoms with Crippen LogP contribution in [0.5, 0.6) is 0 Å². The number of carbonyl (C=O) groups is 1. The molecule has 1 aromatic carbocycles. The van der Waals surface area contributed by atoms with Crippen LogP contribution in [0.1, 0.15) is 43.0 Å². The Morgan fingerprint density at radius 3 is 2.48 bits per heavy atom. The number of benzene rings is 1. The minimum Gasteiger partial charge on any atom is -0.347 e. The average molecular weight is 379 g/mol. The molecule has 1 amide bonds. The largest absolute Gasteiger partial charge is 0.347 e. The second-order valence-corrected chi connectivity index (χ2v) is 7.86. The zero-order chi connectivity index (χ0) is 15.8. The summed E-state index contributed by atoms with van der Waals surface area (Å²) >= 11 is 3.03. The molecule has 8 heteroatoms. The zero-order valence-electron chi connectivity index (χ0n) is 11.4. The van der Waals surface area contributed by atoms with Crippen LogP contribution in [0.3, 0.4) is 0 Å². The van der Waals surface area contributed by atoms with E-state index in [1.54, 1.807) is 0 Å². The van der Waals surface area contributed by atoms with Gasteiger partial charge in [0.2, 0.25) is 10.0 Å². The van der Waals surface area contributed by atoms with Gasteiger partial charge in [0.15, 0.2) is 0 Å². The minimum atomic E-state index is -4.12. The van der Waals surface area contributed by atoms with Crippen LogP contribution in [-0.2, 0) is 10.0 Å². The Morgan fingerprint density at radius 1 is 1.38 bits per heavy atom. The normalized spacial score (nSPS) is 17.7. The molecule has 5 nitrogen and oxygen atoms in total. The first-order valence-electron chi connectivity index (χ1n) is 6.47. The van der Waals surface area contributed by atoms with Crippen molar-refractivity contribution in [2.24, 2.45) is 5.14 Å². The number of primary sulfonamides is 1. The molecular formula is C13H16BrFN2O3S. The van der Waals surface area contributed by atoms with Crippen LogP contribution in [-0.4, -0.2) is 19.9 Å². The lowest BCUT2D eigenvalue weighted by molar-refractivity contribution is 0.0906. The fourth-order valence-corrected chi connectivity index (χ4v) is 4.28. The summed E-state index contributed by atoms with van der Waals surface area (Å²) in [5.74, 6) is -1.35. The van der Waals surface area contributed by atoms with Gasteiger partial charge in [-0.1, -0.05) is 12.8 Å². The third-order valence-electron chi connectivity index (χ3n) is 3.68. The van der Waals surface area contributed by atoms with Crippen molar-refractivity contribution < 1.29 is 17.6 Å². The molecule has 0 spiro atoms. The lowest BCUT2D eigenvalue weighted by atomic mass is 10.00. The molecular weight excluding hydrogens is 363 g/mol. The van der Waals surface area contributed by atoms with Crippen molar-refractivity contribution in [1.29, 1.82) is 0 Å². The molecule has 0 aromatic heterocycles. The molecule has 116 valence electrons. The number of carbonyl (C=O) groups excluding carboxylic acids is 1. The molecule has 1 saturated carbocycles. The number of nitrogens with two attached hydrogens (primary N) is 1. The van der Waals surface area contributed by atoms with Crippen LogP contribution in [0.2, 0.25) is 0 Å². The van der Waals surface area contributed by atoms with Crippen molar-refractivity contribution in [3.8, 4) is 0 Å². The maximum absolute atomic E-state index is 13.6. The van der Waals surface area contributed by atoms with E-state index in [-0.39, 0.29) is 15.6 Å². The van der Waals surface area contributed by atoms with E-state index in [4.69, 9.17) is 5.14 Å². The summed E-state index contributed by atoms with van der Waals surface area (Å²) in [6, 6.07) is 1.78. The van der Waals surface area contributed by atoms with E-state index in [1.807, 2.05) is 6.92 Å². The SMILES string of the molecule is CC1(NC(=O)c2cc(F)cc(S(N)(=O)=O)c2Br)CCCC1. The van der Waals surface area contributed by atoms with Crippen molar-refractivity contribution in [2.45, 2.75) is 43.0 Å². The maximum atomic E-state index is 13.6. The third-order valence-corrected chi connectivity index (χ3v) is 5.73. The number of nitrogens with one attached hydrogen (secondary N) is 1. The van der Waals surface area contributed by atoms with Gasteiger partial charge in [-0.05, 0) is 47.8 Å². The first kappa shape index (κ1) is 16.4. The molecule has 0 radical (unpaired) electrons. The van der Waals surface area contributed by atoms with E-state index in [9.17, 15) is 17.6 Å². The first-order valence-corrected chi connectivity index (χ1v) is 8.81. The molecule has 1 aromatic rings. The number of hydrogen-bond donors (Lipinski definition) is 2. The highest BCUT2D eigenvalue weighted by Gasteiger charge is 2.31.